The Kier molecular flexibility index (Phi) is 5.58. The van der Waals surface area contributed by atoms with E-state index in [0.717, 1.165) is 32.5 Å². The van der Waals surface area contributed by atoms with Crippen LogP contribution in [0.4, 0.5) is 8.78 Å². The van der Waals surface area contributed by atoms with Gasteiger partial charge in [0.15, 0.2) is 0 Å². The van der Waals surface area contributed by atoms with Gasteiger partial charge in [0, 0.05) is 37.9 Å². The first-order chi connectivity index (χ1) is 9.87. The Bertz CT molecular complexity index is 344. The van der Waals surface area contributed by atoms with Crippen LogP contribution in [-0.2, 0) is 4.79 Å². The quantitative estimate of drug-likeness (QED) is 0.846. The molecular weight excluding hydrogens is 274 g/mol. The molecular formula is C16H28F2N2O. The SMILES string of the molecule is CC(C)CN(CC1CCCN1)C(=O)C1CCC(F)(F)CC1. The van der Waals surface area contributed by atoms with Gasteiger partial charge in [-0.1, -0.05) is 13.8 Å². The Hall–Kier alpha value is -0.710. The molecule has 1 saturated heterocycles. The van der Waals surface area contributed by atoms with Crippen LogP contribution < -0.4 is 5.32 Å². The Balaban J connectivity index is 1.93. The van der Waals surface area contributed by atoms with Crippen molar-refractivity contribution in [2.24, 2.45) is 11.8 Å². The molecule has 1 amide bonds. The molecule has 0 aromatic rings. The number of halogens is 2. The van der Waals surface area contributed by atoms with Crippen molar-refractivity contribution < 1.29 is 13.6 Å². The molecule has 2 aliphatic rings. The van der Waals surface area contributed by atoms with E-state index in [1.807, 2.05) is 4.90 Å². The summed E-state index contributed by atoms with van der Waals surface area (Å²) in [5, 5.41) is 3.42. The highest BCUT2D eigenvalue weighted by atomic mass is 19.3. The predicted molar refractivity (Wildman–Crippen MR) is 79.3 cm³/mol. The summed E-state index contributed by atoms with van der Waals surface area (Å²) >= 11 is 0. The summed E-state index contributed by atoms with van der Waals surface area (Å²) in [4.78, 5) is 14.6. The summed E-state index contributed by atoms with van der Waals surface area (Å²) in [5.41, 5.74) is 0. The molecule has 1 heterocycles. The van der Waals surface area contributed by atoms with E-state index in [-0.39, 0.29) is 24.7 Å². The zero-order valence-electron chi connectivity index (χ0n) is 13.2. The minimum absolute atomic E-state index is 0.0906. The minimum atomic E-state index is -2.56. The number of nitrogens with zero attached hydrogens (tertiary/aromatic N) is 1. The van der Waals surface area contributed by atoms with Crippen molar-refractivity contribution in [3.8, 4) is 0 Å². The Morgan fingerprint density at radius 3 is 2.48 bits per heavy atom. The number of hydrogen-bond donors (Lipinski definition) is 1. The monoisotopic (exact) mass is 302 g/mol. The van der Waals surface area contributed by atoms with E-state index < -0.39 is 5.92 Å². The summed E-state index contributed by atoms with van der Waals surface area (Å²) in [6.07, 6.45) is 2.65. The highest BCUT2D eigenvalue weighted by Gasteiger charge is 2.39. The maximum absolute atomic E-state index is 13.2. The molecule has 2 rings (SSSR count). The molecule has 1 aliphatic carbocycles. The van der Waals surface area contributed by atoms with Crippen molar-refractivity contribution in [3.05, 3.63) is 0 Å². The van der Waals surface area contributed by atoms with Crippen molar-refractivity contribution in [2.75, 3.05) is 19.6 Å². The first-order valence-corrected chi connectivity index (χ1v) is 8.27. The van der Waals surface area contributed by atoms with Crippen molar-refractivity contribution in [2.45, 2.75) is 64.3 Å². The van der Waals surface area contributed by atoms with Crippen LogP contribution in [-0.4, -0.2) is 42.4 Å². The van der Waals surface area contributed by atoms with Crippen molar-refractivity contribution in [3.63, 3.8) is 0 Å². The molecule has 0 radical (unpaired) electrons. The largest absolute Gasteiger partial charge is 0.341 e. The first-order valence-electron chi connectivity index (χ1n) is 8.27. The first kappa shape index (κ1) is 16.7. The van der Waals surface area contributed by atoms with Crippen LogP contribution in [0.2, 0.25) is 0 Å². The fourth-order valence-corrected chi connectivity index (χ4v) is 3.42. The molecule has 1 N–H and O–H groups in total. The van der Waals surface area contributed by atoms with Crippen molar-refractivity contribution in [1.29, 1.82) is 0 Å². The second-order valence-electron chi connectivity index (χ2n) is 7.06. The summed E-state index contributed by atoms with van der Waals surface area (Å²) in [5.74, 6) is -2.27. The van der Waals surface area contributed by atoms with Crippen molar-refractivity contribution >= 4 is 5.91 Å². The van der Waals surface area contributed by atoms with Gasteiger partial charge in [0.25, 0.3) is 0 Å². The molecule has 2 fully saturated rings. The normalized spacial score (nSPS) is 26.2. The van der Waals surface area contributed by atoms with E-state index in [2.05, 4.69) is 19.2 Å². The van der Waals surface area contributed by atoms with Gasteiger partial charge in [-0.05, 0) is 38.1 Å². The lowest BCUT2D eigenvalue weighted by molar-refractivity contribution is -0.140. The fraction of sp³-hybridized carbons (Fsp3) is 0.938. The lowest BCUT2D eigenvalue weighted by Gasteiger charge is -2.34. The smallest absolute Gasteiger partial charge is 0.248 e. The maximum Gasteiger partial charge on any atom is 0.248 e. The highest BCUT2D eigenvalue weighted by molar-refractivity contribution is 5.79. The summed E-state index contributed by atoms with van der Waals surface area (Å²) in [7, 11) is 0. The van der Waals surface area contributed by atoms with Crippen molar-refractivity contribution in [1.82, 2.24) is 10.2 Å². The average Bonchev–Trinajstić information content (AvgIpc) is 2.89. The number of hydrogen-bond acceptors (Lipinski definition) is 2. The summed E-state index contributed by atoms with van der Waals surface area (Å²) < 4.78 is 26.5. The number of carbonyl (C=O) groups excluding carboxylic acids is 1. The molecule has 1 saturated carbocycles. The predicted octanol–water partition coefficient (Wildman–Crippen LogP) is 3.05. The Morgan fingerprint density at radius 1 is 1.29 bits per heavy atom. The van der Waals surface area contributed by atoms with E-state index in [1.165, 1.54) is 0 Å². The Labute approximate surface area is 126 Å². The third-order valence-electron chi connectivity index (χ3n) is 4.57. The maximum atomic E-state index is 13.2. The second kappa shape index (κ2) is 7.03. The molecule has 5 heteroatoms. The average molecular weight is 302 g/mol. The third kappa shape index (κ3) is 4.90. The van der Waals surface area contributed by atoms with Gasteiger partial charge in [0.05, 0.1) is 0 Å². The molecule has 0 bridgehead atoms. The van der Waals surface area contributed by atoms with E-state index in [9.17, 15) is 13.6 Å². The number of rotatable bonds is 5. The van der Waals surface area contributed by atoms with E-state index in [4.69, 9.17) is 0 Å². The second-order valence-corrected chi connectivity index (χ2v) is 7.06. The molecule has 1 unspecified atom stereocenters. The van der Waals surface area contributed by atoms with Crippen LogP contribution in [0.15, 0.2) is 0 Å². The standard InChI is InChI=1S/C16H28F2N2O/c1-12(2)10-20(11-14-4-3-9-19-14)15(21)13-5-7-16(17,18)8-6-13/h12-14,19H,3-11H2,1-2H3. The number of nitrogens with one attached hydrogen (secondary N) is 1. The van der Waals surface area contributed by atoms with Gasteiger partial charge < -0.3 is 10.2 Å². The Morgan fingerprint density at radius 2 is 1.95 bits per heavy atom. The fourth-order valence-electron chi connectivity index (χ4n) is 3.42. The number of alkyl halides is 2. The third-order valence-corrected chi connectivity index (χ3v) is 4.57. The zero-order chi connectivity index (χ0) is 15.5. The van der Waals surface area contributed by atoms with Crippen LogP contribution in [0.25, 0.3) is 0 Å². The van der Waals surface area contributed by atoms with Gasteiger partial charge in [-0.3, -0.25) is 4.79 Å². The molecule has 0 aromatic carbocycles. The summed E-state index contributed by atoms with van der Waals surface area (Å²) in [6, 6.07) is 0.373. The van der Waals surface area contributed by atoms with E-state index in [0.29, 0.717) is 24.8 Å². The van der Waals surface area contributed by atoms with Gasteiger partial charge in [0.2, 0.25) is 11.8 Å². The lowest BCUT2D eigenvalue weighted by atomic mass is 9.85. The molecule has 1 aliphatic heterocycles. The number of carbonyl (C=O) groups is 1. The van der Waals surface area contributed by atoms with E-state index >= 15 is 0 Å². The highest BCUT2D eigenvalue weighted by Crippen LogP contribution is 2.37. The molecule has 0 spiro atoms. The number of amides is 1. The van der Waals surface area contributed by atoms with Crippen LogP contribution in [0.3, 0.4) is 0 Å². The van der Waals surface area contributed by atoms with Crippen LogP contribution in [0.1, 0.15) is 52.4 Å². The van der Waals surface area contributed by atoms with Gasteiger partial charge in [-0.15, -0.1) is 0 Å². The van der Waals surface area contributed by atoms with Gasteiger partial charge in [0.1, 0.15) is 0 Å². The zero-order valence-corrected chi connectivity index (χ0v) is 13.2. The molecule has 3 nitrogen and oxygen atoms in total. The summed E-state index contributed by atoms with van der Waals surface area (Å²) in [6.45, 7) is 6.66. The molecule has 0 aromatic heterocycles. The van der Waals surface area contributed by atoms with Gasteiger partial charge >= 0.3 is 0 Å². The topological polar surface area (TPSA) is 32.3 Å². The van der Waals surface area contributed by atoms with Crippen LogP contribution in [0.5, 0.6) is 0 Å². The molecule has 1 atom stereocenters. The molecule has 122 valence electrons. The van der Waals surface area contributed by atoms with Gasteiger partial charge in [-0.25, -0.2) is 8.78 Å². The molecule has 21 heavy (non-hydrogen) atoms. The van der Waals surface area contributed by atoms with Gasteiger partial charge in [-0.2, -0.15) is 0 Å². The lowest BCUT2D eigenvalue weighted by Crippen LogP contribution is -2.46. The minimum Gasteiger partial charge on any atom is -0.341 e. The van der Waals surface area contributed by atoms with E-state index in [1.54, 1.807) is 0 Å². The van der Waals surface area contributed by atoms with Crippen LogP contribution in [0, 0.1) is 11.8 Å². The van der Waals surface area contributed by atoms with Crippen LogP contribution >= 0.6 is 0 Å².